The molecule has 0 radical (unpaired) electrons. The summed E-state index contributed by atoms with van der Waals surface area (Å²) in [5.41, 5.74) is 0. The van der Waals surface area contributed by atoms with Crippen LogP contribution in [0.3, 0.4) is 0 Å². The Balaban J connectivity index is 1.79. The molecule has 5 nitrogen and oxygen atoms in total. The standard InChI is InChI=1S/C16H15ClINO4/c17-15(20)2-1-9-19-16(21)14-8-7-13(23-14)10-22-12-5-3-11(18)4-6-12/h3-8H,1-2,9-10H2,(H,19,21). The van der Waals surface area contributed by atoms with Gasteiger partial charge >= 0.3 is 0 Å². The van der Waals surface area contributed by atoms with Crippen molar-refractivity contribution >= 4 is 45.3 Å². The van der Waals surface area contributed by atoms with Crippen molar-refractivity contribution in [3.05, 3.63) is 51.5 Å². The second-order valence-electron chi connectivity index (χ2n) is 4.72. The molecule has 0 spiro atoms. The summed E-state index contributed by atoms with van der Waals surface area (Å²) in [5.74, 6) is 1.18. The van der Waals surface area contributed by atoms with Crippen LogP contribution < -0.4 is 10.1 Å². The first-order valence-corrected chi connectivity index (χ1v) is 8.44. The molecule has 0 atom stereocenters. The van der Waals surface area contributed by atoms with E-state index in [-0.39, 0.29) is 24.7 Å². The maximum absolute atomic E-state index is 11.8. The minimum absolute atomic E-state index is 0.211. The topological polar surface area (TPSA) is 68.5 Å². The third-order valence-electron chi connectivity index (χ3n) is 2.92. The van der Waals surface area contributed by atoms with Gasteiger partial charge in [0.2, 0.25) is 5.24 Å². The lowest BCUT2D eigenvalue weighted by molar-refractivity contribution is -0.111. The lowest BCUT2D eigenvalue weighted by Gasteiger charge is -2.04. The zero-order valence-electron chi connectivity index (χ0n) is 12.2. The summed E-state index contributed by atoms with van der Waals surface area (Å²) in [5, 5.41) is 2.25. The number of halogens is 2. The van der Waals surface area contributed by atoms with Crippen molar-refractivity contribution in [1.82, 2.24) is 5.32 Å². The predicted octanol–water partition coefficient (Wildman–Crippen LogP) is 3.74. The zero-order chi connectivity index (χ0) is 16.7. The molecule has 0 aliphatic rings. The van der Waals surface area contributed by atoms with Crippen molar-refractivity contribution in [3.63, 3.8) is 0 Å². The highest BCUT2D eigenvalue weighted by Gasteiger charge is 2.11. The van der Waals surface area contributed by atoms with Gasteiger partial charge in [-0.2, -0.15) is 0 Å². The number of carbonyl (C=O) groups excluding carboxylic acids is 2. The summed E-state index contributed by atoms with van der Waals surface area (Å²) in [6, 6.07) is 10.9. The smallest absolute Gasteiger partial charge is 0.286 e. The molecule has 0 fully saturated rings. The second-order valence-corrected chi connectivity index (χ2v) is 6.39. The van der Waals surface area contributed by atoms with Gasteiger partial charge in [-0.1, -0.05) is 0 Å². The Morgan fingerprint density at radius 1 is 1.17 bits per heavy atom. The third-order valence-corrected chi connectivity index (χ3v) is 3.82. The van der Waals surface area contributed by atoms with Crippen LogP contribution in [0.4, 0.5) is 0 Å². The summed E-state index contributed by atoms with van der Waals surface area (Å²) < 4.78 is 12.1. The summed E-state index contributed by atoms with van der Waals surface area (Å²) >= 11 is 7.44. The highest BCUT2D eigenvalue weighted by molar-refractivity contribution is 14.1. The van der Waals surface area contributed by atoms with E-state index in [9.17, 15) is 9.59 Å². The number of nitrogens with one attached hydrogen (secondary N) is 1. The molecule has 1 heterocycles. The molecule has 0 saturated carbocycles. The average molecular weight is 448 g/mol. The molecule has 0 unspecified atom stereocenters. The van der Waals surface area contributed by atoms with E-state index < -0.39 is 5.24 Å². The maximum atomic E-state index is 11.8. The highest BCUT2D eigenvalue weighted by Crippen LogP contribution is 2.16. The van der Waals surface area contributed by atoms with Gasteiger partial charge in [-0.15, -0.1) is 0 Å². The van der Waals surface area contributed by atoms with E-state index in [1.807, 2.05) is 24.3 Å². The van der Waals surface area contributed by atoms with Crippen LogP contribution in [-0.2, 0) is 11.4 Å². The van der Waals surface area contributed by atoms with Gasteiger partial charge in [0.05, 0.1) is 0 Å². The third kappa shape index (κ3) is 6.23. The fourth-order valence-corrected chi connectivity index (χ4v) is 2.27. The summed E-state index contributed by atoms with van der Waals surface area (Å²) in [7, 11) is 0. The number of furan rings is 1. The molecule has 1 aromatic heterocycles. The number of hydrogen-bond donors (Lipinski definition) is 1. The Hall–Kier alpha value is -1.54. The number of ether oxygens (including phenoxy) is 1. The van der Waals surface area contributed by atoms with E-state index in [2.05, 4.69) is 27.9 Å². The Kier molecular flexibility index (Phi) is 6.91. The molecule has 2 aromatic rings. The number of rotatable bonds is 8. The number of hydrogen-bond acceptors (Lipinski definition) is 4. The fourth-order valence-electron chi connectivity index (χ4n) is 1.78. The van der Waals surface area contributed by atoms with Gasteiger partial charge in [-0.05, 0) is 77.0 Å². The van der Waals surface area contributed by atoms with Crippen LogP contribution in [0, 0.1) is 3.57 Å². The lowest BCUT2D eigenvalue weighted by Crippen LogP contribution is -2.24. The van der Waals surface area contributed by atoms with Crippen LogP contribution in [0.1, 0.15) is 29.2 Å². The number of carbonyl (C=O) groups is 2. The Bertz CT molecular complexity index is 669. The molecule has 0 saturated heterocycles. The number of benzene rings is 1. The van der Waals surface area contributed by atoms with Crippen LogP contribution in [0.25, 0.3) is 0 Å². The summed E-state index contributed by atoms with van der Waals surface area (Å²) in [6.07, 6.45) is 0.729. The van der Waals surface area contributed by atoms with Gasteiger partial charge in [0.1, 0.15) is 18.1 Å². The van der Waals surface area contributed by atoms with Crippen molar-refractivity contribution in [2.75, 3.05) is 6.54 Å². The van der Waals surface area contributed by atoms with Crippen molar-refractivity contribution in [2.24, 2.45) is 0 Å². The minimum Gasteiger partial charge on any atom is -0.486 e. The molecule has 7 heteroatoms. The van der Waals surface area contributed by atoms with Gasteiger partial charge in [0.15, 0.2) is 5.76 Å². The van der Waals surface area contributed by atoms with Crippen molar-refractivity contribution in [1.29, 1.82) is 0 Å². The van der Waals surface area contributed by atoms with Gasteiger partial charge in [-0.25, -0.2) is 0 Å². The molecule has 2 rings (SSSR count). The quantitative estimate of drug-likeness (QED) is 0.380. The molecule has 122 valence electrons. The average Bonchev–Trinajstić information content (AvgIpc) is 3.00. The zero-order valence-corrected chi connectivity index (χ0v) is 15.1. The van der Waals surface area contributed by atoms with Crippen LogP contribution in [0.15, 0.2) is 40.8 Å². The van der Waals surface area contributed by atoms with E-state index in [0.717, 1.165) is 9.32 Å². The SMILES string of the molecule is O=C(Cl)CCCNC(=O)c1ccc(COc2ccc(I)cc2)o1. The molecule has 1 amide bonds. The monoisotopic (exact) mass is 447 g/mol. The van der Waals surface area contributed by atoms with E-state index in [1.54, 1.807) is 12.1 Å². The predicted molar refractivity (Wildman–Crippen MR) is 94.6 cm³/mol. The van der Waals surface area contributed by atoms with E-state index in [4.69, 9.17) is 20.8 Å². The van der Waals surface area contributed by atoms with E-state index in [0.29, 0.717) is 18.7 Å². The van der Waals surface area contributed by atoms with Crippen LogP contribution in [-0.4, -0.2) is 17.7 Å². The van der Waals surface area contributed by atoms with Crippen molar-refractivity contribution in [3.8, 4) is 5.75 Å². The van der Waals surface area contributed by atoms with E-state index in [1.165, 1.54) is 0 Å². The molecule has 1 aromatic carbocycles. The Morgan fingerprint density at radius 3 is 2.61 bits per heavy atom. The van der Waals surface area contributed by atoms with Gasteiger partial charge in [0.25, 0.3) is 5.91 Å². The van der Waals surface area contributed by atoms with Crippen LogP contribution in [0.2, 0.25) is 0 Å². The Labute approximate surface area is 152 Å². The molecule has 0 aliphatic heterocycles. The van der Waals surface area contributed by atoms with Crippen LogP contribution in [0.5, 0.6) is 5.75 Å². The first-order valence-electron chi connectivity index (χ1n) is 6.98. The highest BCUT2D eigenvalue weighted by atomic mass is 127. The number of amides is 1. The minimum atomic E-state index is -0.410. The van der Waals surface area contributed by atoms with Gasteiger partial charge < -0.3 is 14.5 Å². The fraction of sp³-hybridized carbons (Fsp3) is 0.250. The molecule has 1 N–H and O–H groups in total. The maximum Gasteiger partial charge on any atom is 0.286 e. The van der Waals surface area contributed by atoms with E-state index >= 15 is 0 Å². The van der Waals surface area contributed by atoms with Gasteiger partial charge in [-0.3, -0.25) is 9.59 Å². The molecular formula is C16H15ClINO4. The summed E-state index contributed by atoms with van der Waals surface area (Å²) in [6.45, 7) is 0.612. The first kappa shape index (κ1) is 17.8. The molecule has 23 heavy (non-hydrogen) atoms. The largest absolute Gasteiger partial charge is 0.486 e. The summed E-state index contributed by atoms with van der Waals surface area (Å²) in [4.78, 5) is 22.4. The lowest BCUT2D eigenvalue weighted by atomic mass is 10.3. The van der Waals surface area contributed by atoms with Crippen molar-refractivity contribution in [2.45, 2.75) is 19.4 Å². The first-order chi connectivity index (χ1) is 11.0. The Morgan fingerprint density at radius 2 is 1.91 bits per heavy atom. The molecular weight excluding hydrogens is 433 g/mol. The normalized spacial score (nSPS) is 10.3. The molecule has 0 bridgehead atoms. The van der Waals surface area contributed by atoms with Gasteiger partial charge in [0, 0.05) is 16.5 Å². The molecule has 0 aliphatic carbocycles. The van der Waals surface area contributed by atoms with Crippen LogP contribution >= 0.6 is 34.2 Å². The second kappa shape index (κ2) is 8.93. The van der Waals surface area contributed by atoms with Crippen molar-refractivity contribution < 1.29 is 18.7 Å².